The molecule has 0 spiro atoms. The molecule has 1 aromatic heterocycles. The van der Waals surface area contributed by atoms with E-state index in [-0.39, 0.29) is 27.7 Å². The number of halogens is 2. The summed E-state index contributed by atoms with van der Waals surface area (Å²) in [6.45, 7) is 1.41. The van der Waals surface area contributed by atoms with Crippen LogP contribution in [0.5, 0.6) is 0 Å². The molecule has 1 aromatic carbocycles. The summed E-state index contributed by atoms with van der Waals surface area (Å²) in [5, 5.41) is 1.32. The number of carbonyl (C=O) groups excluding carboxylic acids is 1. The van der Waals surface area contributed by atoms with E-state index in [1.54, 1.807) is 29.6 Å². The van der Waals surface area contributed by atoms with Gasteiger partial charge in [0.2, 0.25) is 5.88 Å². The zero-order valence-electron chi connectivity index (χ0n) is 12.4. The standard InChI is InChI=1S/C16H11ClN2O2S2.BrH/c1-9(20)21-15-13(10-5-3-2-4-6-10)22-16-19(15)11-7-8-12(17)18-14(11)23-16;/h2-8,16H,1H3;1H. The van der Waals surface area contributed by atoms with Gasteiger partial charge in [0.15, 0.2) is 0 Å². The number of benzene rings is 1. The van der Waals surface area contributed by atoms with Gasteiger partial charge in [-0.1, -0.05) is 65.5 Å². The number of thioether (sulfide) groups is 2. The van der Waals surface area contributed by atoms with Crippen LogP contribution in [0, 0.1) is 0 Å². The zero-order chi connectivity index (χ0) is 16.0. The maximum Gasteiger partial charge on any atom is 0.309 e. The number of esters is 1. The predicted molar refractivity (Wildman–Crippen MR) is 104 cm³/mol. The van der Waals surface area contributed by atoms with Gasteiger partial charge in [-0.25, -0.2) is 4.98 Å². The molecule has 8 heteroatoms. The van der Waals surface area contributed by atoms with E-state index >= 15 is 0 Å². The molecule has 4 nitrogen and oxygen atoms in total. The summed E-state index contributed by atoms with van der Waals surface area (Å²) >= 11 is 9.24. The molecule has 0 saturated carbocycles. The van der Waals surface area contributed by atoms with Crippen molar-refractivity contribution in [2.75, 3.05) is 4.90 Å². The van der Waals surface area contributed by atoms with Crippen molar-refractivity contribution in [3.8, 4) is 0 Å². The maximum absolute atomic E-state index is 11.6. The second-order valence-corrected chi connectivity index (χ2v) is 7.81. The van der Waals surface area contributed by atoms with Gasteiger partial charge < -0.3 is 4.74 Å². The Balaban J connectivity index is 0.00000169. The van der Waals surface area contributed by atoms with E-state index in [9.17, 15) is 4.79 Å². The molecular formula is C16H12BrClN2O2S2. The quantitative estimate of drug-likeness (QED) is 0.473. The highest BCUT2D eigenvalue weighted by Gasteiger charge is 2.43. The van der Waals surface area contributed by atoms with Crippen molar-refractivity contribution in [1.82, 2.24) is 4.98 Å². The fourth-order valence-electron chi connectivity index (χ4n) is 2.50. The number of ether oxygens (including phenoxy) is 1. The third kappa shape index (κ3) is 3.06. The lowest BCUT2D eigenvalue weighted by atomic mass is 10.2. The number of anilines is 1. The van der Waals surface area contributed by atoms with E-state index < -0.39 is 0 Å². The Morgan fingerprint density at radius 3 is 2.67 bits per heavy atom. The zero-order valence-corrected chi connectivity index (χ0v) is 16.5. The summed E-state index contributed by atoms with van der Waals surface area (Å²) in [5.41, 5.74) is 1.95. The summed E-state index contributed by atoms with van der Waals surface area (Å²) in [7, 11) is 0. The Bertz CT molecular complexity index is 832. The number of rotatable bonds is 2. The van der Waals surface area contributed by atoms with Crippen molar-refractivity contribution in [2.24, 2.45) is 0 Å². The SMILES string of the molecule is Br.CC(=O)OC1=C(c2ccccc2)SC2Sc3nc(Cl)ccc3N12. The highest BCUT2D eigenvalue weighted by molar-refractivity contribution is 8.93. The van der Waals surface area contributed by atoms with Crippen molar-refractivity contribution >= 4 is 68.7 Å². The van der Waals surface area contributed by atoms with Gasteiger partial charge in [0.05, 0.1) is 10.6 Å². The normalized spacial score (nSPS) is 18.1. The number of fused-ring (bicyclic) bond motifs is 3. The minimum absolute atomic E-state index is 0. The average Bonchev–Trinajstić information content (AvgIpc) is 3.04. The van der Waals surface area contributed by atoms with Crippen LogP contribution in [0.1, 0.15) is 12.5 Å². The Labute approximate surface area is 163 Å². The van der Waals surface area contributed by atoms with E-state index in [1.807, 2.05) is 41.3 Å². The lowest BCUT2D eigenvalue weighted by Crippen LogP contribution is -2.24. The maximum atomic E-state index is 11.6. The van der Waals surface area contributed by atoms with Crippen LogP contribution in [-0.2, 0) is 9.53 Å². The Morgan fingerprint density at radius 2 is 1.96 bits per heavy atom. The molecule has 3 heterocycles. The first kappa shape index (κ1) is 17.7. The van der Waals surface area contributed by atoms with Crippen LogP contribution < -0.4 is 4.90 Å². The molecule has 0 N–H and O–H groups in total. The van der Waals surface area contributed by atoms with E-state index in [4.69, 9.17) is 16.3 Å². The molecule has 124 valence electrons. The molecule has 0 saturated heterocycles. The molecule has 0 aliphatic carbocycles. The first-order chi connectivity index (χ1) is 11.1. The third-order valence-corrected chi connectivity index (χ3v) is 6.18. The van der Waals surface area contributed by atoms with Crippen LogP contribution in [0.2, 0.25) is 5.15 Å². The Hall–Kier alpha value is -1.15. The summed E-state index contributed by atoms with van der Waals surface area (Å²) in [4.78, 5) is 18.9. The monoisotopic (exact) mass is 442 g/mol. The van der Waals surface area contributed by atoms with Crippen molar-refractivity contribution in [2.45, 2.75) is 16.7 Å². The molecular weight excluding hydrogens is 432 g/mol. The summed E-state index contributed by atoms with van der Waals surface area (Å²) in [6.07, 6.45) is 0. The van der Waals surface area contributed by atoms with E-state index in [1.165, 1.54) is 6.92 Å². The van der Waals surface area contributed by atoms with Crippen LogP contribution in [0.15, 0.2) is 53.4 Å². The van der Waals surface area contributed by atoms with Gasteiger partial charge in [0.25, 0.3) is 0 Å². The molecule has 4 rings (SSSR count). The molecule has 0 fully saturated rings. The number of hydrogen-bond donors (Lipinski definition) is 0. The lowest BCUT2D eigenvalue weighted by Gasteiger charge is -2.19. The minimum Gasteiger partial charge on any atom is -0.408 e. The van der Waals surface area contributed by atoms with Gasteiger partial charge >= 0.3 is 5.97 Å². The van der Waals surface area contributed by atoms with E-state index in [0.717, 1.165) is 21.2 Å². The minimum atomic E-state index is -0.338. The molecule has 0 radical (unpaired) electrons. The smallest absolute Gasteiger partial charge is 0.309 e. The van der Waals surface area contributed by atoms with Gasteiger partial charge in [-0.05, 0) is 17.7 Å². The fourth-order valence-corrected chi connectivity index (χ4v) is 5.42. The predicted octanol–water partition coefficient (Wildman–Crippen LogP) is 5.14. The van der Waals surface area contributed by atoms with Crippen LogP contribution in [0.3, 0.4) is 0 Å². The topological polar surface area (TPSA) is 42.4 Å². The fraction of sp³-hybridized carbons (Fsp3) is 0.125. The third-order valence-electron chi connectivity index (χ3n) is 3.40. The molecule has 2 aliphatic rings. The Kier molecular flexibility index (Phi) is 5.15. The van der Waals surface area contributed by atoms with Crippen LogP contribution in [0.25, 0.3) is 4.91 Å². The summed E-state index contributed by atoms with van der Waals surface area (Å²) in [5.74, 6) is 0.226. The number of pyridine rings is 1. The van der Waals surface area contributed by atoms with Crippen molar-refractivity contribution in [3.05, 3.63) is 59.1 Å². The van der Waals surface area contributed by atoms with Gasteiger partial charge in [0.1, 0.15) is 14.9 Å². The second-order valence-electron chi connectivity index (χ2n) is 4.96. The Morgan fingerprint density at radius 1 is 1.21 bits per heavy atom. The van der Waals surface area contributed by atoms with Gasteiger partial charge in [-0.15, -0.1) is 17.0 Å². The van der Waals surface area contributed by atoms with E-state index in [2.05, 4.69) is 4.98 Å². The molecule has 0 amide bonds. The molecule has 0 bridgehead atoms. The molecule has 2 aromatic rings. The van der Waals surface area contributed by atoms with Gasteiger partial charge in [0, 0.05) is 6.92 Å². The van der Waals surface area contributed by atoms with Crippen LogP contribution in [-0.4, -0.2) is 15.7 Å². The second kappa shape index (κ2) is 7.00. The average molecular weight is 444 g/mol. The highest BCUT2D eigenvalue weighted by Crippen LogP contribution is 2.58. The number of hydrogen-bond acceptors (Lipinski definition) is 6. The number of carbonyl (C=O) groups is 1. The number of aromatic nitrogens is 1. The summed E-state index contributed by atoms with van der Waals surface area (Å²) in [6, 6.07) is 13.6. The van der Waals surface area contributed by atoms with Gasteiger partial charge in [-0.3, -0.25) is 9.69 Å². The summed E-state index contributed by atoms with van der Waals surface area (Å²) < 4.78 is 5.61. The number of nitrogens with zero attached hydrogens (tertiary/aromatic N) is 2. The van der Waals surface area contributed by atoms with E-state index in [0.29, 0.717) is 11.0 Å². The molecule has 1 atom stereocenters. The molecule has 24 heavy (non-hydrogen) atoms. The largest absolute Gasteiger partial charge is 0.408 e. The van der Waals surface area contributed by atoms with Crippen molar-refractivity contribution in [1.29, 1.82) is 0 Å². The molecule has 2 aliphatic heterocycles. The first-order valence-electron chi connectivity index (χ1n) is 6.91. The highest BCUT2D eigenvalue weighted by atomic mass is 79.9. The van der Waals surface area contributed by atoms with Crippen LogP contribution in [0.4, 0.5) is 5.69 Å². The van der Waals surface area contributed by atoms with Crippen LogP contribution >= 0.6 is 52.1 Å². The molecule has 1 unspecified atom stereocenters. The lowest BCUT2D eigenvalue weighted by molar-refractivity contribution is -0.136. The van der Waals surface area contributed by atoms with Gasteiger partial charge in [-0.2, -0.15) is 0 Å². The van der Waals surface area contributed by atoms with Crippen molar-refractivity contribution in [3.63, 3.8) is 0 Å². The van der Waals surface area contributed by atoms with Crippen molar-refractivity contribution < 1.29 is 9.53 Å². The first-order valence-corrected chi connectivity index (χ1v) is 9.04.